The van der Waals surface area contributed by atoms with E-state index in [2.05, 4.69) is 10.0 Å². The maximum atomic E-state index is 12.4. The molecule has 2 aromatic carbocycles. The first-order valence-electron chi connectivity index (χ1n) is 9.21. The zero-order valence-electron chi connectivity index (χ0n) is 17.1. The lowest BCUT2D eigenvalue weighted by molar-refractivity contribution is -0.123. The van der Waals surface area contributed by atoms with Crippen LogP contribution in [0.1, 0.15) is 42.3 Å². The van der Waals surface area contributed by atoms with E-state index in [1.54, 1.807) is 13.8 Å². The monoisotopic (exact) mass is 418 g/mol. The third-order valence-electron chi connectivity index (χ3n) is 4.07. The van der Waals surface area contributed by atoms with E-state index in [1.165, 1.54) is 31.2 Å². The van der Waals surface area contributed by atoms with Gasteiger partial charge in [-0.15, -0.1) is 0 Å². The quantitative estimate of drug-likeness (QED) is 0.673. The Morgan fingerprint density at radius 3 is 2.34 bits per heavy atom. The minimum atomic E-state index is -3.75. The van der Waals surface area contributed by atoms with Gasteiger partial charge in [-0.05, 0) is 70.0 Å². The van der Waals surface area contributed by atoms with Gasteiger partial charge in [0.25, 0.3) is 5.91 Å². The summed E-state index contributed by atoms with van der Waals surface area (Å²) in [5, 5.41) is 2.74. The van der Waals surface area contributed by atoms with E-state index in [1.807, 2.05) is 32.0 Å². The van der Waals surface area contributed by atoms with Gasteiger partial charge in [0.2, 0.25) is 10.0 Å². The highest BCUT2D eigenvalue weighted by atomic mass is 32.2. The molecule has 0 bridgehead atoms. The van der Waals surface area contributed by atoms with Crippen LogP contribution in [0.4, 0.5) is 5.69 Å². The first-order chi connectivity index (χ1) is 13.5. The third-order valence-corrected chi connectivity index (χ3v) is 5.73. The number of rotatable bonds is 7. The summed E-state index contributed by atoms with van der Waals surface area (Å²) in [6, 6.07) is 10.9. The molecule has 0 aliphatic rings. The number of carbonyl (C=O) groups excluding carboxylic acids is 2. The maximum Gasteiger partial charge on any atom is 0.338 e. The number of hydrogen-bond donors (Lipinski definition) is 2. The molecule has 2 aromatic rings. The lowest BCUT2D eigenvalue weighted by Gasteiger charge is -2.15. The topological polar surface area (TPSA) is 102 Å². The largest absolute Gasteiger partial charge is 0.449 e. The number of sulfonamides is 1. The van der Waals surface area contributed by atoms with E-state index < -0.39 is 28.0 Å². The average Bonchev–Trinajstić information content (AvgIpc) is 2.63. The van der Waals surface area contributed by atoms with E-state index >= 15 is 0 Å². The second-order valence-electron chi connectivity index (χ2n) is 7.16. The number of esters is 1. The van der Waals surface area contributed by atoms with Gasteiger partial charge in [0.15, 0.2) is 6.10 Å². The molecule has 0 aliphatic carbocycles. The van der Waals surface area contributed by atoms with Crippen molar-refractivity contribution >= 4 is 27.6 Å². The van der Waals surface area contributed by atoms with Crippen LogP contribution in [0.25, 0.3) is 0 Å². The lowest BCUT2D eigenvalue weighted by atomic mass is 10.1. The predicted molar refractivity (Wildman–Crippen MR) is 111 cm³/mol. The smallest absolute Gasteiger partial charge is 0.338 e. The number of hydrogen-bond acceptors (Lipinski definition) is 5. The van der Waals surface area contributed by atoms with Crippen LogP contribution in [0.2, 0.25) is 0 Å². The Hall–Kier alpha value is -2.71. The van der Waals surface area contributed by atoms with Crippen LogP contribution in [0.15, 0.2) is 47.4 Å². The van der Waals surface area contributed by atoms with Gasteiger partial charge in [-0.25, -0.2) is 17.9 Å². The highest BCUT2D eigenvalue weighted by molar-refractivity contribution is 7.89. The molecule has 0 saturated carbocycles. The molecular formula is C21H26N2O5S. The molecular weight excluding hydrogens is 392 g/mol. The van der Waals surface area contributed by atoms with Crippen molar-refractivity contribution in [1.29, 1.82) is 0 Å². The number of aryl methyl sites for hydroxylation is 2. The molecule has 8 heteroatoms. The Labute approximate surface area is 171 Å². The van der Waals surface area contributed by atoms with E-state index in [-0.39, 0.29) is 16.5 Å². The Bertz CT molecular complexity index is 1020. The average molecular weight is 419 g/mol. The van der Waals surface area contributed by atoms with Gasteiger partial charge >= 0.3 is 5.97 Å². The van der Waals surface area contributed by atoms with Gasteiger partial charge < -0.3 is 10.1 Å². The first-order valence-corrected chi connectivity index (χ1v) is 10.7. The highest BCUT2D eigenvalue weighted by Crippen LogP contribution is 2.18. The first kappa shape index (κ1) is 22.6. The number of anilines is 1. The summed E-state index contributed by atoms with van der Waals surface area (Å²) >= 11 is 0. The normalized spacial score (nSPS) is 12.5. The van der Waals surface area contributed by atoms with Gasteiger partial charge in [-0.3, -0.25) is 4.79 Å². The summed E-state index contributed by atoms with van der Waals surface area (Å²) in [6.07, 6.45) is -1.06. The van der Waals surface area contributed by atoms with Crippen molar-refractivity contribution in [2.45, 2.75) is 51.7 Å². The van der Waals surface area contributed by atoms with Crippen molar-refractivity contribution in [3.63, 3.8) is 0 Å². The van der Waals surface area contributed by atoms with E-state index in [4.69, 9.17) is 4.74 Å². The van der Waals surface area contributed by atoms with Crippen LogP contribution in [0, 0.1) is 13.8 Å². The van der Waals surface area contributed by atoms with Crippen LogP contribution in [0.5, 0.6) is 0 Å². The van der Waals surface area contributed by atoms with Crippen LogP contribution in [-0.4, -0.2) is 32.4 Å². The van der Waals surface area contributed by atoms with Crippen molar-refractivity contribution in [2.75, 3.05) is 5.32 Å². The molecule has 0 fully saturated rings. The molecule has 0 radical (unpaired) electrons. The lowest BCUT2D eigenvalue weighted by Crippen LogP contribution is -2.31. The zero-order valence-corrected chi connectivity index (χ0v) is 18.0. The molecule has 156 valence electrons. The molecule has 2 N–H and O–H groups in total. The molecule has 1 amide bonds. The van der Waals surface area contributed by atoms with Crippen molar-refractivity contribution in [2.24, 2.45) is 0 Å². The Morgan fingerprint density at radius 1 is 1.00 bits per heavy atom. The maximum absolute atomic E-state index is 12.4. The van der Waals surface area contributed by atoms with E-state index in [9.17, 15) is 18.0 Å². The minimum absolute atomic E-state index is 0.0445. The van der Waals surface area contributed by atoms with E-state index in [0.717, 1.165) is 11.1 Å². The summed E-state index contributed by atoms with van der Waals surface area (Å²) in [4.78, 5) is 24.8. The van der Waals surface area contributed by atoms with Crippen molar-refractivity contribution in [3.8, 4) is 0 Å². The molecule has 2 rings (SSSR count). The SMILES string of the molecule is Cc1ccc(C)c(NC(=O)[C@@H](C)OC(=O)c2cccc(S(=O)(=O)NC(C)C)c2)c1. The van der Waals surface area contributed by atoms with Crippen LogP contribution in [0.3, 0.4) is 0 Å². The summed E-state index contributed by atoms with van der Waals surface area (Å²) in [6.45, 7) is 8.63. The molecule has 0 aromatic heterocycles. The molecule has 0 saturated heterocycles. The highest BCUT2D eigenvalue weighted by Gasteiger charge is 2.22. The van der Waals surface area contributed by atoms with Gasteiger partial charge in [0.05, 0.1) is 10.5 Å². The van der Waals surface area contributed by atoms with Gasteiger partial charge in [0, 0.05) is 11.7 Å². The summed E-state index contributed by atoms with van der Waals surface area (Å²) in [5.41, 5.74) is 2.57. The summed E-state index contributed by atoms with van der Waals surface area (Å²) < 4.78 is 32.2. The zero-order chi connectivity index (χ0) is 21.8. The molecule has 0 spiro atoms. The fourth-order valence-electron chi connectivity index (χ4n) is 2.56. The van der Waals surface area contributed by atoms with Crippen LogP contribution >= 0.6 is 0 Å². The van der Waals surface area contributed by atoms with Crippen LogP contribution in [-0.2, 0) is 19.6 Å². The summed E-state index contributed by atoms with van der Waals surface area (Å²) in [5.74, 6) is -1.26. The van der Waals surface area contributed by atoms with E-state index in [0.29, 0.717) is 5.69 Å². The van der Waals surface area contributed by atoms with Crippen LogP contribution < -0.4 is 10.0 Å². The standard InChI is InChI=1S/C21H26N2O5S/c1-13(2)23-29(26,27)18-8-6-7-17(12-18)21(25)28-16(5)20(24)22-19-11-14(3)9-10-15(19)4/h6-13,16,23H,1-5H3,(H,22,24)/t16-/m1/s1. The van der Waals surface area contributed by atoms with Gasteiger partial charge in [-0.2, -0.15) is 0 Å². The Kier molecular flexibility index (Phi) is 7.16. The number of nitrogens with one attached hydrogen (secondary N) is 2. The third kappa shape index (κ3) is 6.13. The second kappa shape index (κ2) is 9.19. The number of benzene rings is 2. The minimum Gasteiger partial charge on any atom is -0.449 e. The molecule has 0 unspecified atom stereocenters. The number of ether oxygens (including phenoxy) is 1. The Morgan fingerprint density at radius 2 is 1.69 bits per heavy atom. The molecule has 7 nitrogen and oxygen atoms in total. The van der Waals surface area contributed by atoms with Crippen molar-refractivity contribution in [3.05, 3.63) is 59.2 Å². The number of carbonyl (C=O) groups is 2. The molecule has 29 heavy (non-hydrogen) atoms. The van der Waals surface area contributed by atoms with Gasteiger partial charge in [0.1, 0.15) is 0 Å². The fraction of sp³-hybridized carbons (Fsp3) is 0.333. The molecule has 0 heterocycles. The number of amides is 1. The molecule has 1 atom stereocenters. The second-order valence-corrected chi connectivity index (χ2v) is 8.87. The fourth-order valence-corrected chi connectivity index (χ4v) is 3.85. The Balaban J connectivity index is 2.10. The summed E-state index contributed by atoms with van der Waals surface area (Å²) in [7, 11) is -3.75. The van der Waals surface area contributed by atoms with Gasteiger partial charge in [-0.1, -0.05) is 18.2 Å². The predicted octanol–water partition coefficient (Wildman–Crippen LogP) is 3.17. The molecule has 0 aliphatic heterocycles. The van der Waals surface area contributed by atoms with Crippen molar-refractivity contribution < 1.29 is 22.7 Å². The van der Waals surface area contributed by atoms with Crippen molar-refractivity contribution in [1.82, 2.24) is 4.72 Å².